The third-order valence-corrected chi connectivity index (χ3v) is 2.62. The molecule has 0 aliphatic heterocycles. The summed E-state index contributed by atoms with van der Waals surface area (Å²) in [5.74, 6) is 0. The van der Waals surface area contributed by atoms with Gasteiger partial charge in [0.15, 0.2) is 0 Å². The maximum atomic E-state index is 6.11. The Morgan fingerprint density at radius 2 is 1.57 bits per heavy atom. The molecule has 0 spiro atoms. The fourth-order valence-electron chi connectivity index (χ4n) is 1.32. The van der Waals surface area contributed by atoms with Crippen LogP contribution in [0.3, 0.4) is 0 Å². The molecule has 84 valence electrons. The second-order valence-electron chi connectivity index (χ2n) is 6.48. The van der Waals surface area contributed by atoms with Crippen LogP contribution < -0.4 is 5.73 Å². The molecular formula is C13H27N. The average molecular weight is 197 g/mol. The van der Waals surface area contributed by atoms with Crippen LogP contribution in [0.5, 0.6) is 0 Å². The van der Waals surface area contributed by atoms with Crippen LogP contribution >= 0.6 is 0 Å². The van der Waals surface area contributed by atoms with Crippen molar-refractivity contribution in [3.05, 3.63) is 12.2 Å². The van der Waals surface area contributed by atoms with E-state index in [2.05, 4.69) is 48.1 Å². The Bertz CT molecular complexity index is 190. The van der Waals surface area contributed by atoms with Crippen LogP contribution in [0.1, 0.15) is 54.4 Å². The van der Waals surface area contributed by atoms with Crippen molar-refractivity contribution in [2.75, 3.05) is 0 Å². The second-order valence-corrected chi connectivity index (χ2v) is 6.48. The minimum Gasteiger partial charge on any atom is -0.324 e. The van der Waals surface area contributed by atoms with Gasteiger partial charge in [-0.3, -0.25) is 0 Å². The summed E-state index contributed by atoms with van der Waals surface area (Å²) in [5, 5.41) is 0. The van der Waals surface area contributed by atoms with Gasteiger partial charge in [-0.1, -0.05) is 53.7 Å². The van der Waals surface area contributed by atoms with E-state index in [1.54, 1.807) is 0 Å². The molecule has 0 aliphatic rings. The molecule has 0 aromatic rings. The first-order chi connectivity index (χ1) is 6.04. The van der Waals surface area contributed by atoms with Gasteiger partial charge < -0.3 is 5.73 Å². The van der Waals surface area contributed by atoms with Crippen LogP contribution in [0.15, 0.2) is 12.2 Å². The van der Waals surface area contributed by atoms with Crippen LogP contribution in [0.2, 0.25) is 0 Å². The third kappa shape index (κ3) is 5.43. The first-order valence-corrected chi connectivity index (χ1v) is 5.49. The zero-order chi connectivity index (χ0) is 11.6. The highest BCUT2D eigenvalue weighted by Crippen LogP contribution is 2.29. The molecule has 14 heavy (non-hydrogen) atoms. The van der Waals surface area contributed by atoms with E-state index in [9.17, 15) is 0 Å². The van der Waals surface area contributed by atoms with Gasteiger partial charge in [0.05, 0.1) is 0 Å². The Balaban J connectivity index is 4.11. The van der Waals surface area contributed by atoms with Gasteiger partial charge in [-0.05, 0) is 23.7 Å². The van der Waals surface area contributed by atoms with Crippen molar-refractivity contribution in [3.63, 3.8) is 0 Å². The lowest BCUT2D eigenvalue weighted by molar-refractivity contribution is 0.343. The molecule has 0 radical (unpaired) electrons. The smallest absolute Gasteiger partial charge is 0.0256 e. The monoisotopic (exact) mass is 197 g/mol. The normalized spacial score (nSPS) is 15.4. The molecule has 2 N–H and O–H groups in total. The summed E-state index contributed by atoms with van der Waals surface area (Å²) >= 11 is 0. The second kappa shape index (κ2) is 4.48. The molecule has 0 aromatic carbocycles. The van der Waals surface area contributed by atoms with E-state index in [4.69, 9.17) is 5.73 Å². The van der Waals surface area contributed by atoms with Crippen molar-refractivity contribution in [3.8, 4) is 0 Å². The molecule has 0 bridgehead atoms. The largest absolute Gasteiger partial charge is 0.324 e. The molecule has 1 heteroatoms. The lowest BCUT2D eigenvalue weighted by Gasteiger charge is -2.29. The summed E-state index contributed by atoms with van der Waals surface area (Å²) in [6.07, 6.45) is 2.20. The molecule has 1 unspecified atom stereocenters. The van der Waals surface area contributed by atoms with Crippen LogP contribution in [0.25, 0.3) is 0 Å². The molecule has 0 aliphatic carbocycles. The summed E-state index contributed by atoms with van der Waals surface area (Å²) in [6.45, 7) is 17.4. The van der Waals surface area contributed by atoms with Crippen LogP contribution in [0, 0.1) is 10.8 Å². The summed E-state index contributed by atoms with van der Waals surface area (Å²) in [5.41, 5.74) is 7.79. The van der Waals surface area contributed by atoms with Crippen molar-refractivity contribution >= 4 is 0 Å². The van der Waals surface area contributed by atoms with Crippen molar-refractivity contribution in [1.82, 2.24) is 0 Å². The Kier molecular flexibility index (Phi) is 4.38. The van der Waals surface area contributed by atoms with Gasteiger partial charge in [0.1, 0.15) is 0 Å². The molecular weight excluding hydrogens is 170 g/mol. The van der Waals surface area contributed by atoms with Gasteiger partial charge in [0, 0.05) is 6.04 Å². The Labute approximate surface area is 89.8 Å². The topological polar surface area (TPSA) is 26.0 Å². The summed E-state index contributed by atoms with van der Waals surface area (Å²) in [7, 11) is 0. The maximum Gasteiger partial charge on any atom is 0.0256 e. The molecule has 0 aromatic heterocycles. The van der Waals surface area contributed by atoms with E-state index < -0.39 is 0 Å². The Morgan fingerprint density at radius 1 is 1.14 bits per heavy atom. The predicted molar refractivity (Wildman–Crippen MR) is 65.3 cm³/mol. The molecule has 0 saturated heterocycles. The number of rotatable bonds is 3. The van der Waals surface area contributed by atoms with E-state index in [0.717, 1.165) is 12.8 Å². The summed E-state index contributed by atoms with van der Waals surface area (Å²) in [6, 6.07) is 0.147. The van der Waals surface area contributed by atoms with Crippen LogP contribution in [-0.2, 0) is 0 Å². The molecule has 1 nitrogen and oxygen atoms in total. The number of hydrogen-bond acceptors (Lipinski definition) is 1. The van der Waals surface area contributed by atoms with E-state index in [-0.39, 0.29) is 11.5 Å². The highest BCUT2D eigenvalue weighted by molar-refractivity contribution is 5.12. The molecule has 0 saturated carbocycles. The number of nitrogens with two attached hydrogens (primary N) is 1. The molecule has 0 rings (SSSR count). The average Bonchev–Trinajstić information content (AvgIpc) is 1.95. The minimum atomic E-state index is 0.136. The lowest BCUT2D eigenvalue weighted by Crippen LogP contribution is -2.30. The van der Waals surface area contributed by atoms with Gasteiger partial charge in [0.25, 0.3) is 0 Å². The number of hydrogen-bond donors (Lipinski definition) is 1. The van der Waals surface area contributed by atoms with Gasteiger partial charge >= 0.3 is 0 Å². The third-order valence-electron chi connectivity index (χ3n) is 2.62. The quantitative estimate of drug-likeness (QED) is 0.685. The SMILES string of the molecule is C=C(C(N)CCC(C)(C)C)C(C)(C)C. The lowest BCUT2D eigenvalue weighted by atomic mass is 9.79. The van der Waals surface area contributed by atoms with Crippen molar-refractivity contribution in [1.29, 1.82) is 0 Å². The first kappa shape index (κ1) is 13.7. The predicted octanol–water partition coefficient (Wildman–Crippen LogP) is 3.74. The zero-order valence-electron chi connectivity index (χ0n) is 10.8. The molecule has 0 fully saturated rings. The van der Waals surface area contributed by atoms with Crippen LogP contribution in [-0.4, -0.2) is 6.04 Å². The van der Waals surface area contributed by atoms with Crippen molar-refractivity contribution in [2.45, 2.75) is 60.4 Å². The maximum absolute atomic E-state index is 6.11. The van der Waals surface area contributed by atoms with Crippen LogP contribution in [0.4, 0.5) is 0 Å². The van der Waals surface area contributed by atoms with Gasteiger partial charge in [-0.2, -0.15) is 0 Å². The van der Waals surface area contributed by atoms with E-state index >= 15 is 0 Å². The highest BCUT2D eigenvalue weighted by Gasteiger charge is 2.22. The van der Waals surface area contributed by atoms with Gasteiger partial charge in [-0.25, -0.2) is 0 Å². The fraction of sp³-hybridized carbons (Fsp3) is 0.846. The summed E-state index contributed by atoms with van der Waals surface area (Å²) < 4.78 is 0. The standard InChI is InChI=1S/C13H27N/c1-10(13(5,6)7)11(14)8-9-12(2,3)4/h11H,1,8-9,14H2,2-7H3. The first-order valence-electron chi connectivity index (χ1n) is 5.49. The zero-order valence-corrected chi connectivity index (χ0v) is 10.8. The molecule has 0 heterocycles. The highest BCUT2D eigenvalue weighted by atomic mass is 14.6. The van der Waals surface area contributed by atoms with Crippen molar-refractivity contribution in [2.24, 2.45) is 16.6 Å². The van der Waals surface area contributed by atoms with E-state index in [1.165, 1.54) is 5.57 Å². The Morgan fingerprint density at radius 3 is 1.86 bits per heavy atom. The van der Waals surface area contributed by atoms with E-state index in [1.807, 2.05) is 0 Å². The summed E-state index contributed by atoms with van der Waals surface area (Å²) in [4.78, 5) is 0. The van der Waals surface area contributed by atoms with Gasteiger partial charge in [-0.15, -0.1) is 0 Å². The van der Waals surface area contributed by atoms with Crippen molar-refractivity contribution < 1.29 is 0 Å². The van der Waals surface area contributed by atoms with E-state index in [0.29, 0.717) is 5.41 Å². The molecule has 1 atom stereocenters. The minimum absolute atomic E-state index is 0.136. The molecule has 0 amide bonds. The fourth-order valence-corrected chi connectivity index (χ4v) is 1.32. The van der Waals surface area contributed by atoms with Gasteiger partial charge in [0.2, 0.25) is 0 Å². The Hall–Kier alpha value is -0.300.